The molecule has 2 rings (SSSR count). The lowest BCUT2D eigenvalue weighted by Crippen LogP contribution is -2.45. The smallest absolute Gasteiger partial charge is 0.155 e. The summed E-state index contributed by atoms with van der Waals surface area (Å²) in [6.07, 6.45) is 3.71. The molecule has 4 nitrogen and oxygen atoms in total. The molecule has 1 atom stereocenters. The molecule has 0 aliphatic carbocycles. The Kier molecular flexibility index (Phi) is 4.02. The fourth-order valence-electron chi connectivity index (χ4n) is 1.92. The Bertz CT molecular complexity index is 410. The highest BCUT2D eigenvalue weighted by Gasteiger charge is 2.26. The lowest BCUT2D eigenvalue weighted by molar-refractivity contribution is -0.122. The molecule has 1 saturated heterocycles. The number of aromatic nitrogens is 1. The van der Waals surface area contributed by atoms with Crippen molar-refractivity contribution in [3.05, 3.63) is 24.0 Å². The van der Waals surface area contributed by atoms with Crippen LogP contribution in [-0.4, -0.2) is 46.8 Å². The number of ketones is 1. The molecule has 0 radical (unpaired) electrons. The number of nitrogens with two attached hydrogens (primary N) is 1. The summed E-state index contributed by atoms with van der Waals surface area (Å²) in [4.78, 5) is 18.3. The lowest BCUT2D eigenvalue weighted by atomic mass is 10.0. The maximum Gasteiger partial charge on any atom is 0.155 e. The first-order valence-corrected chi connectivity index (χ1v) is 6.83. The van der Waals surface area contributed by atoms with E-state index in [2.05, 4.69) is 9.88 Å². The van der Waals surface area contributed by atoms with Crippen molar-refractivity contribution in [3.8, 4) is 0 Å². The summed E-state index contributed by atoms with van der Waals surface area (Å²) in [7, 11) is 2.01. The van der Waals surface area contributed by atoms with Gasteiger partial charge in [0.1, 0.15) is 0 Å². The van der Waals surface area contributed by atoms with Gasteiger partial charge < -0.3 is 5.73 Å². The molecule has 17 heavy (non-hydrogen) atoms. The number of Topliss-reactive ketones (excluding diaryl/α,β-unsaturated/α-hetero) is 1. The van der Waals surface area contributed by atoms with E-state index in [9.17, 15) is 4.79 Å². The summed E-state index contributed by atoms with van der Waals surface area (Å²) in [6, 6.07) is 1.76. The SMILES string of the molecule is CN1CCSCC1C(=O)Cc1cnccc1N. The first-order chi connectivity index (χ1) is 8.18. The van der Waals surface area contributed by atoms with Crippen LogP contribution in [0.2, 0.25) is 0 Å². The second-order valence-electron chi connectivity index (χ2n) is 4.29. The Morgan fingerprint density at radius 1 is 1.71 bits per heavy atom. The standard InChI is InChI=1S/C12H17N3OS/c1-15-4-5-17-8-11(15)12(16)6-9-7-14-3-2-10(9)13/h2-3,7,11H,4-6,8H2,1H3,(H2,13,14). The Labute approximate surface area is 106 Å². The van der Waals surface area contributed by atoms with E-state index in [0.29, 0.717) is 12.1 Å². The number of likely N-dealkylation sites (N-methyl/N-ethyl adjacent to an activating group) is 1. The van der Waals surface area contributed by atoms with E-state index in [1.54, 1.807) is 18.5 Å². The molecule has 1 aromatic heterocycles. The summed E-state index contributed by atoms with van der Waals surface area (Å²) in [5.41, 5.74) is 7.31. The van der Waals surface area contributed by atoms with E-state index in [1.165, 1.54) is 0 Å². The van der Waals surface area contributed by atoms with Crippen LogP contribution in [0.25, 0.3) is 0 Å². The Morgan fingerprint density at radius 3 is 3.24 bits per heavy atom. The Balaban J connectivity index is 2.03. The van der Waals surface area contributed by atoms with E-state index in [1.807, 2.05) is 18.8 Å². The van der Waals surface area contributed by atoms with Crippen LogP contribution >= 0.6 is 11.8 Å². The summed E-state index contributed by atoms with van der Waals surface area (Å²) in [5.74, 6) is 2.23. The number of hydrogen-bond donors (Lipinski definition) is 1. The summed E-state index contributed by atoms with van der Waals surface area (Å²) in [5, 5.41) is 0. The summed E-state index contributed by atoms with van der Waals surface area (Å²) >= 11 is 1.84. The number of pyridine rings is 1. The molecule has 0 aromatic carbocycles. The number of hydrogen-bond acceptors (Lipinski definition) is 5. The fraction of sp³-hybridized carbons (Fsp3) is 0.500. The molecule has 5 heteroatoms. The first kappa shape index (κ1) is 12.4. The third kappa shape index (κ3) is 2.98. The molecule has 1 fully saturated rings. The van der Waals surface area contributed by atoms with Crippen molar-refractivity contribution in [1.29, 1.82) is 0 Å². The zero-order chi connectivity index (χ0) is 12.3. The molecule has 2 N–H and O–H groups in total. The molecule has 1 aliphatic rings. The van der Waals surface area contributed by atoms with Gasteiger partial charge in [-0.05, 0) is 13.1 Å². The van der Waals surface area contributed by atoms with Gasteiger partial charge in [0.2, 0.25) is 0 Å². The average molecular weight is 251 g/mol. The molecular weight excluding hydrogens is 234 g/mol. The van der Waals surface area contributed by atoms with E-state index >= 15 is 0 Å². The summed E-state index contributed by atoms with van der Waals surface area (Å²) in [6.45, 7) is 0.976. The fourth-order valence-corrected chi connectivity index (χ4v) is 3.16. The molecule has 0 saturated carbocycles. The highest BCUT2D eigenvalue weighted by atomic mass is 32.2. The highest BCUT2D eigenvalue weighted by molar-refractivity contribution is 7.99. The zero-order valence-electron chi connectivity index (χ0n) is 9.93. The number of thioether (sulfide) groups is 1. The van der Waals surface area contributed by atoms with Crippen LogP contribution in [0.15, 0.2) is 18.5 Å². The lowest BCUT2D eigenvalue weighted by Gasteiger charge is -2.30. The molecule has 1 aliphatic heterocycles. The number of carbonyl (C=O) groups is 1. The topological polar surface area (TPSA) is 59.2 Å². The Morgan fingerprint density at radius 2 is 2.53 bits per heavy atom. The zero-order valence-corrected chi connectivity index (χ0v) is 10.7. The van der Waals surface area contributed by atoms with Crippen LogP contribution in [0.3, 0.4) is 0 Å². The minimum absolute atomic E-state index is 0.0216. The maximum absolute atomic E-state index is 12.2. The first-order valence-electron chi connectivity index (χ1n) is 5.67. The van der Waals surface area contributed by atoms with Crippen molar-refractivity contribution in [1.82, 2.24) is 9.88 Å². The van der Waals surface area contributed by atoms with Gasteiger partial charge in [0.25, 0.3) is 0 Å². The quantitative estimate of drug-likeness (QED) is 0.862. The van der Waals surface area contributed by atoms with Crippen LogP contribution < -0.4 is 5.73 Å². The maximum atomic E-state index is 12.2. The van der Waals surface area contributed by atoms with Gasteiger partial charge in [-0.25, -0.2) is 0 Å². The van der Waals surface area contributed by atoms with Crippen LogP contribution in [0, 0.1) is 0 Å². The number of anilines is 1. The third-order valence-electron chi connectivity index (χ3n) is 3.07. The normalized spacial score (nSPS) is 21.4. The molecule has 0 spiro atoms. The Hall–Kier alpha value is -1.07. The molecule has 92 valence electrons. The molecule has 0 bridgehead atoms. The highest BCUT2D eigenvalue weighted by Crippen LogP contribution is 2.18. The summed E-state index contributed by atoms with van der Waals surface area (Å²) < 4.78 is 0. The van der Waals surface area contributed by atoms with E-state index < -0.39 is 0 Å². The van der Waals surface area contributed by atoms with Gasteiger partial charge in [0, 0.05) is 48.1 Å². The number of rotatable bonds is 3. The number of carbonyl (C=O) groups excluding carboxylic acids is 1. The second-order valence-corrected chi connectivity index (χ2v) is 5.44. The van der Waals surface area contributed by atoms with Gasteiger partial charge in [0.05, 0.1) is 6.04 Å². The van der Waals surface area contributed by atoms with Crippen molar-refractivity contribution < 1.29 is 4.79 Å². The van der Waals surface area contributed by atoms with Crippen molar-refractivity contribution >= 4 is 23.2 Å². The minimum atomic E-state index is 0.0216. The van der Waals surface area contributed by atoms with Gasteiger partial charge in [0.15, 0.2) is 5.78 Å². The van der Waals surface area contributed by atoms with Crippen molar-refractivity contribution in [2.45, 2.75) is 12.5 Å². The van der Waals surface area contributed by atoms with Crippen LogP contribution in [0.1, 0.15) is 5.56 Å². The van der Waals surface area contributed by atoms with Crippen LogP contribution in [-0.2, 0) is 11.2 Å². The van der Waals surface area contributed by atoms with Gasteiger partial charge in [-0.15, -0.1) is 0 Å². The van der Waals surface area contributed by atoms with Crippen molar-refractivity contribution in [2.24, 2.45) is 0 Å². The predicted octanol–water partition coefficient (Wildman–Crippen LogP) is 0.823. The molecular formula is C12H17N3OS. The van der Waals surface area contributed by atoms with E-state index in [-0.39, 0.29) is 11.8 Å². The molecule has 2 heterocycles. The minimum Gasteiger partial charge on any atom is -0.398 e. The van der Waals surface area contributed by atoms with Gasteiger partial charge in [-0.2, -0.15) is 11.8 Å². The molecule has 0 amide bonds. The van der Waals surface area contributed by atoms with Gasteiger partial charge in [-0.1, -0.05) is 0 Å². The third-order valence-corrected chi connectivity index (χ3v) is 4.10. The average Bonchev–Trinajstić information content (AvgIpc) is 2.32. The van der Waals surface area contributed by atoms with Crippen LogP contribution in [0.5, 0.6) is 0 Å². The second kappa shape index (κ2) is 5.51. The number of nitrogen functional groups attached to an aromatic ring is 1. The number of nitrogens with zero attached hydrogens (tertiary/aromatic N) is 2. The van der Waals surface area contributed by atoms with E-state index in [4.69, 9.17) is 5.73 Å². The van der Waals surface area contributed by atoms with Crippen molar-refractivity contribution in [2.75, 3.05) is 30.8 Å². The molecule has 1 unspecified atom stereocenters. The predicted molar refractivity (Wildman–Crippen MR) is 71.1 cm³/mol. The monoisotopic (exact) mass is 251 g/mol. The molecule has 1 aromatic rings. The van der Waals surface area contributed by atoms with Gasteiger partial charge in [-0.3, -0.25) is 14.7 Å². The van der Waals surface area contributed by atoms with Crippen molar-refractivity contribution in [3.63, 3.8) is 0 Å². The largest absolute Gasteiger partial charge is 0.398 e. The van der Waals surface area contributed by atoms with Gasteiger partial charge >= 0.3 is 0 Å². The van der Waals surface area contributed by atoms with E-state index in [0.717, 1.165) is 23.6 Å². The van der Waals surface area contributed by atoms with Crippen LogP contribution in [0.4, 0.5) is 5.69 Å².